The van der Waals surface area contributed by atoms with Crippen molar-refractivity contribution in [2.24, 2.45) is 5.10 Å². The molecule has 3 aromatic carbocycles. The van der Waals surface area contributed by atoms with E-state index in [1.54, 1.807) is 49.4 Å². The Morgan fingerprint density at radius 2 is 1.65 bits per heavy atom. The van der Waals surface area contributed by atoms with Gasteiger partial charge in [0.1, 0.15) is 6.54 Å². The predicted octanol–water partition coefficient (Wildman–Crippen LogP) is 5.10. The van der Waals surface area contributed by atoms with E-state index >= 15 is 0 Å². The fourth-order valence-corrected chi connectivity index (χ4v) is 5.12. The molecule has 0 unspecified atom stereocenters. The van der Waals surface area contributed by atoms with Crippen LogP contribution in [0.4, 0.5) is 5.69 Å². The predicted molar refractivity (Wildman–Crippen MR) is 146 cm³/mol. The molecule has 0 spiro atoms. The molecule has 0 aliphatic carbocycles. The molecule has 37 heavy (non-hydrogen) atoms. The molecule has 0 aliphatic rings. The molecule has 0 heterocycles. The van der Waals surface area contributed by atoms with Crippen LogP contribution in [0.5, 0.6) is 11.5 Å². The topological polar surface area (TPSA) is 97.3 Å². The van der Waals surface area contributed by atoms with E-state index in [0.29, 0.717) is 46.5 Å². The van der Waals surface area contributed by atoms with Crippen molar-refractivity contribution in [2.75, 3.05) is 24.1 Å². The Kier molecular flexibility index (Phi) is 9.54. The van der Waals surface area contributed by atoms with Gasteiger partial charge in [0.15, 0.2) is 11.5 Å². The van der Waals surface area contributed by atoms with E-state index in [2.05, 4.69) is 10.5 Å². The number of carbonyl (C=O) groups is 1. The maximum atomic E-state index is 13.6. The molecule has 0 bridgehead atoms. The number of hydrogen-bond acceptors (Lipinski definition) is 6. The molecule has 10 heteroatoms. The van der Waals surface area contributed by atoms with Gasteiger partial charge in [-0.15, -0.1) is 0 Å². The van der Waals surface area contributed by atoms with Gasteiger partial charge in [-0.05, 0) is 81.3 Å². The van der Waals surface area contributed by atoms with Gasteiger partial charge in [-0.3, -0.25) is 9.10 Å². The van der Waals surface area contributed by atoms with Crippen LogP contribution in [0.25, 0.3) is 0 Å². The lowest BCUT2D eigenvalue weighted by Gasteiger charge is -2.25. The second-order valence-corrected chi connectivity index (χ2v) is 10.4. The van der Waals surface area contributed by atoms with Gasteiger partial charge in [0.2, 0.25) is 0 Å². The molecule has 1 N–H and O–H groups in total. The number of anilines is 1. The third kappa shape index (κ3) is 7.24. The van der Waals surface area contributed by atoms with Gasteiger partial charge in [0.25, 0.3) is 15.9 Å². The van der Waals surface area contributed by atoms with Gasteiger partial charge in [-0.2, -0.15) is 5.10 Å². The van der Waals surface area contributed by atoms with Crippen molar-refractivity contribution in [1.29, 1.82) is 0 Å². The number of ether oxygens (including phenoxy) is 2. The van der Waals surface area contributed by atoms with Gasteiger partial charge in [-0.25, -0.2) is 13.8 Å². The maximum Gasteiger partial charge on any atom is 0.264 e. The summed E-state index contributed by atoms with van der Waals surface area (Å²) in [5.74, 6) is 0.549. The maximum absolute atomic E-state index is 13.6. The highest BCUT2D eigenvalue weighted by molar-refractivity contribution is 7.92. The van der Waals surface area contributed by atoms with Crippen molar-refractivity contribution >= 4 is 39.4 Å². The first-order valence-electron chi connectivity index (χ1n) is 11.7. The van der Waals surface area contributed by atoms with Gasteiger partial charge >= 0.3 is 0 Å². The van der Waals surface area contributed by atoms with E-state index in [-0.39, 0.29) is 4.90 Å². The Morgan fingerprint density at radius 1 is 0.973 bits per heavy atom. The van der Waals surface area contributed by atoms with E-state index in [0.717, 1.165) is 9.87 Å². The Labute approximate surface area is 222 Å². The standard InChI is InChI=1S/C27H30ClN3O5S/c1-5-35-25-14-10-21(15-26(25)36-6-2)17-29-30-27(32)18-31(24-16-22(28)11-9-20(24)4)37(33,34)23-12-7-19(3)8-13-23/h7-17H,5-6,18H2,1-4H3,(H,30,32)/b29-17-. The molecule has 196 valence electrons. The smallest absolute Gasteiger partial charge is 0.264 e. The summed E-state index contributed by atoms with van der Waals surface area (Å²) in [7, 11) is -4.07. The molecule has 0 fully saturated rings. The summed E-state index contributed by atoms with van der Waals surface area (Å²) >= 11 is 6.17. The second-order valence-electron chi connectivity index (χ2n) is 8.12. The number of amides is 1. The van der Waals surface area contributed by atoms with Crippen molar-refractivity contribution in [1.82, 2.24) is 5.43 Å². The molecular formula is C27H30ClN3O5S. The molecule has 0 aromatic heterocycles. The van der Waals surface area contributed by atoms with E-state index in [4.69, 9.17) is 21.1 Å². The number of nitrogens with one attached hydrogen (secondary N) is 1. The highest BCUT2D eigenvalue weighted by Gasteiger charge is 2.28. The van der Waals surface area contributed by atoms with Crippen LogP contribution in [-0.2, 0) is 14.8 Å². The Balaban J connectivity index is 1.84. The minimum absolute atomic E-state index is 0.0617. The third-order valence-corrected chi connectivity index (χ3v) is 7.32. The molecule has 0 atom stereocenters. The molecule has 1 amide bonds. The van der Waals surface area contributed by atoms with Crippen molar-refractivity contribution in [3.05, 3.63) is 82.4 Å². The van der Waals surface area contributed by atoms with Gasteiger partial charge in [-0.1, -0.05) is 35.4 Å². The molecule has 3 aromatic rings. The van der Waals surface area contributed by atoms with Crippen LogP contribution in [0.2, 0.25) is 5.02 Å². The Hall–Kier alpha value is -3.56. The fraction of sp³-hybridized carbons (Fsp3) is 0.259. The van der Waals surface area contributed by atoms with E-state index in [9.17, 15) is 13.2 Å². The largest absolute Gasteiger partial charge is 0.490 e. The zero-order valence-corrected chi connectivity index (χ0v) is 22.8. The summed E-state index contributed by atoms with van der Waals surface area (Å²) in [5, 5.41) is 4.35. The van der Waals surface area contributed by atoms with Crippen molar-refractivity contribution in [2.45, 2.75) is 32.6 Å². The van der Waals surface area contributed by atoms with Crippen LogP contribution in [0, 0.1) is 13.8 Å². The zero-order chi connectivity index (χ0) is 27.0. The highest BCUT2D eigenvalue weighted by atomic mass is 35.5. The van der Waals surface area contributed by atoms with Crippen molar-refractivity contribution in [3.8, 4) is 11.5 Å². The summed E-state index contributed by atoms with van der Waals surface area (Å²) in [6, 6.07) is 16.6. The first-order valence-corrected chi connectivity index (χ1v) is 13.5. The number of aryl methyl sites for hydroxylation is 2. The number of hydrazone groups is 1. The summed E-state index contributed by atoms with van der Waals surface area (Å²) < 4.78 is 39.3. The summed E-state index contributed by atoms with van der Waals surface area (Å²) in [6.07, 6.45) is 1.44. The minimum Gasteiger partial charge on any atom is -0.490 e. The summed E-state index contributed by atoms with van der Waals surface area (Å²) in [6.45, 7) is 7.83. The minimum atomic E-state index is -4.07. The lowest BCUT2D eigenvalue weighted by molar-refractivity contribution is -0.119. The molecular weight excluding hydrogens is 514 g/mol. The summed E-state index contributed by atoms with van der Waals surface area (Å²) in [5.41, 5.74) is 4.95. The van der Waals surface area contributed by atoms with Crippen LogP contribution in [0.15, 0.2) is 70.7 Å². The quantitative estimate of drug-likeness (QED) is 0.268. The number of halogens is 1. The number of nitrogens with zero attached hydrogens (tertiary/aromatic N) is 2. The first-order chi connectivity index (χ1) is 17.6. The Morgan fingerprint density at radius 3 is 2.32 bits per heavy atom. The van der Waals surface area contributed by atoms with Crippen LogP contribution in [-0.4, -0.2) is 40.3 Å². The lowest BCUT2D eigenvalue weighted by Crippen LogP contribution is -2.40. The molecule has 0 saturated heterocycles. The van der Waals surface area contributed by atoms with Crippen LogP contribution >= 0.6 is 11.6 Å². The normalized spacial score (nSPS) is 11.4. The van der Waals surface area contributed by atoms with Crippen molar-refractivity contribution in [3.63, 3.8) is 0 Å². The van der Waals surface area contributed by atoms with E-state index in [1.807, 2.05) is 20.8 Å². The third-order valence-electron chi connectivity index (χ3n) is 5.31. The number of rotatable bonds is 11. The number of sulfonamides is 1. The van der Waals surface area contributed by atoms with E-state index < -0.39 is 22.5 Å². The average molecular weight is 544 g/mol. The molecule has 0 radical (unpaired) electrons. The Bertz CT molecular complexity index is 1380. The molecule has 3 rings (SSSR count). The second kappa shape index (κ2) is 12.6. The monoisotopic (exact) mass is 543 g/mol. The van der Waals surface area contributed by atoms with Crippen LogP contribution in [0.3, 0.4) is 0 Å². The van der Waals surface area contributed by atoms with Gasteiger partial charge in [0, 0.05) is 5.02 Å². The molecule has 8 nitrogen and oxygen atoms in total. The van der Waals surface area contributed by atoms with Crippen LogP contribution in [0.1, 0.15) is 30.5 Å². The number of hydrogen-bond donors (Lipinski definition) is 1. The average Bonchev–Trinajstić information content (AvgIpc) is 2.86. The number of carbonyl (C=O) groups excluding carboxylic acids is 1. The van der Waals surface area contributed by atoms with Crippen LogP contribution < -0.4 is 19.2 Å². The first kappa shape index (κ1) is 28.0. The fourth-order valence-electron chi connectivity index (χ4n) is 3.48. The lowest BCUT2D eigenvalue weighted by atomic mass is 10.2. The molecule has 0 saturated carbocycles. The highest BCUT2D eigenvalue weighted by Crippen LogP contribution is 2.30. The van der Waals surface area contributed by atoms with E-state index in [1.165, 1.54) is 24.4 Å². The number of benzene rings is 3. The summed E-state index contributed by atoms with van der Waals surface area (Å²) in [4.78, 5) is 12.9. The zero-order valence-electron chi connectivity index (χ0n) is 21.2. The van der Waals surface area contributed by atoms with Crippen molar-refractivity contribution < 1.29 is 22.7 Å². The SMILES string of the molecule is CCOc1ccc(/C=N\NC(=O)CN(c2cc(Cl)ccc2C)S(=O)(=O)c2ccc(C)cc2)cc1OCC. The van der Waals surface area contributed by atoms with Gasteiger partial charge in [0.05, 0.1) is 30.0 Å². The van der Waals surface area contributed by atoms with Gasteiger partial charge < -0.3 is 9.47 Å². The molecule has 0 aliphatic heterocycles.